The molecule has 0 radical (unpaired) electrons. The summed E-state index contributed by atoms with van der Waals surface area (Å²) in [5.74, 6) is 0. The van der Waals surface area contributed by atoms with Crippen molar-refractivity contribution in [2.24, 2.45) is 5.73 Å². The van der Waals surface area contributed by atoms with Gasteiger partial charge in [0, 0.05) is 25.1 Å². The number of hydrogen-bond acceptors (Lipinski definition) is 5. The molecule has 2 aliphatic heterocycles. The van der Waals surface area contributed by atoms with E-state index in [0.717, 1.165) is 59.4 Å². The smallest absolute Gasteiger partial charge is 0.184 e. The minimum Gasteiger partial charge on any atom is -0.392 e. The number of piperidine rings is 1. The van der Waals surface area contributed by atoms with E-state index in [0.29, 0.717) is 6.54 Å². The molecule has 2 heterocycles. The van der Waals surface area contributed by atoms with Crippen LogP contribution in [-0.2, 0) is 22.6 Å². The summed E-state index contributed by atoms with van der Waals surface area (Å²) in [4.78, 5) is 2.54. The molecule has 2 aliphatic rings. The maximum Gasteiger partial charge on any atom is 0.184 e. The molecule has 35 heavy (non-hydrogen) atoms. The van der Waals surface area contributed by atoms with Gasteiger partial charge in [-0.15, -0.1) is 0 Å². The van der Waals surface area contributed by atoms with Crippen molar-refractivity contribution in [2.75, 3.05) is 19.6 Å². The Morgan fingerprint density at radius 3 is 2.26 bits per heavy atom. The van der Waals surface area contributed by atoms with Crippen LogP contribution in [0.1, 0.15) is 60.3 Å². The second kappa shape index (κ2) is 11.5. The van der Waals surface area contributed by atoms with Crippen LogP contribution in [0.4, 0.5) is 0 Å². The molecule has 5 rings (SSSR count). The number of aliphatic hydroxyl groups is 1. The van der Waals surface area contributed by atoms with E-state index in [2.05, 4.69) is 53.4 Å². The maximum absolute atomic E-state index is 9.43. The fourth-order valence-corrected chi connectivity index (χ4v) is 5.26. The molecule has 2 fully saturated rings. The predicted octanol–water partition coefficient (Wildman–Crippen LogP) is 5.34. The lowest BCUT2D eigenvalue weighted by atomic mass is 9.97. The van der Waals surface area contributed by atoms with Crippen molar-refractivity contribution in [3.8, 4) is 11.1 Å². The van der Waals surface area contributed by atoms with Crippen molar-refractivity contribution in [3.63, 3.8) is 0 Å². The van der Waals surface area contributed by atoms with E-state index in [1.54, 1.807) is 0 Å². The Morgan fingerprint density at radius 2 is 1.54 bits per heavy atom. The monoisotopic (exact) mass is 472 g/mol. The first-order valence-electron chi connectivity index (χ1n) is 12.8. The van der Waals surface area contributed by atoms with Gasteiger partial charge in [0.25, 0.3) is 0 Å². The van der Waals surface area contributed by atoms with Gasteiger partial charge >= 0.3 is 0 Å². The highest BCUT2D eigenvalue weighted by atomic mass is 16.7. The van der Waals surface area contributed by atoms with Gasteiger partial charge in [-0.25, -0.2) is 0 Å². The lowest BCUT2D eigenvalue weighted by molar-refractivity contribution is -0.253. The minimum absolute atomic E-state index is 0.0473. The SMILES string of the molecule is NCc1ccccc1-c1ccc([C@@H]2O[C@H](CN3CCCCC3)C[C@H](c3ccc(CO)cc3)O2)cc1. The lowest BCUT2D eigenvalue weighted by Crippen LogP contribution is -2.41. The van der Waals surface area contributed by atoms with E-state index in [1.807, 2.05) is 24.3 Å². The lowest BCUT2D eigenvalue weighted by Gasteiger charge is -2.39. The molecule has 0 bridgehead atoms. The summed E-state index contributed by atoms with van der Waals surface area (Å²) in [5, 5.41) is 9.43. The van der Waals surface area contributed by atoms with Crippen LogP contribution in [0, 0.1) is 0 Å². The van der Waals surface area contributed by atoms with Crippen LogP contribution < -0.4 is 5.73 Å². The topological polar surface area (TPSA) is 68.0 Å². The third-order valence-corrected chi connectivity index (χ3v) is 7.26. The summed E-state index contributed by atoms with van der Waals surface area (Å²) in [5.41, 5.74) is 12.5. The molecule has 3 atom stereocenters. The maximum atomic E-state index is 9.43. The minimum atomic E-state index is -0.417. The first-order chi connectivity index (χ1) is 17.2. The van der Waals surface area contributed by atoms with E-state index >= 15 is 0 Å². The van der Waals surface area contributed by atoms with Crippen molar-refractivity contribution in [1.29, 1.82) is 0 Å². The first kappa shape index (κ1) is 24.2. The van der Waals surface area contributed by atoms with Crippen molar-refractivity contribution in [1.82, 2.24) is 4.90 Å². The molecule has 0 unspecified atom stereocenters. The van der Waals surface area contributed by atoms with E-state index in [1.165, 1.54) is 19.3 Å². The molecule has 3 N–H and O–H groups in total. The standard InChI is InChI=1S/C30H36N2O3/c31-19-26-6-2-3-7-28(26)23-12-14-25(15-13-23)30-34-27(20-32-16-4-1-5-17-32)18-29(35-30)24-10-8-22(21-33)9-11-24/h2-3,6-15,27,29-30,33H,1,4-5,16-21,31H2/t27-,29+,30+/m0/s1. The van der Waals surface area contributed by atoms with Gasteiger partial charge in [-0.1, -0.05) is 79.2 Å². The van der Waals surface area contributed by atoms with Crippen LogP contribution >= 0.6 is 0 Å². The number of aliphatic hydroxyl groups excluding tert-OH is 1. The Hall–Kier alpha value is -2.54. The normalized spacial score (nSPS) is 23.3. The highest BCUT2D eigenvalue weighted by Gasteiger charge is 2.33. The molecule has 184 valence electrons. The van der Waals surface area contributed by atoms with Gasteiger partial charge in [-0.2, -0.15) is 0 Å². The van der Waals surface area contributed by atoms with Gasteiger partial charge in [0.1, 0.15) is 0 Å². The Labute approximate surface area is 208 Å². The van der Waals surface area contributed by atoms with Crippen molar-refractivity contribution >= 4 is 0 Å². The summed E-state index contributed by atoms with van der Waals surface area (Å²) in [6.45, 7) is 3.80. The zero-order valence-electron chi connectivity index (χ0n) is 20.3. The average Bonchev–Trinajstić information content (AvgIpc) is 2.93. The summed E-state index contributed by atoms with van der Waals surface area (Å²) in [6, 6.07) is 24.9. The van der Waals surface area contributed by atoms with Gasteiger partial charge in [-0.05, 0) is 53.7 Å². The molecule has 0 aliphatic carbocycles. The molecule has 0 amide bonds. The molecule has 0 saturated carbocycles. The number of nitrogens with zero attached hydrogens (tertiary/aromatic N) is 1. The predicted molar refractivity (Wildman–Crippen MR) is 138 cm³/mol. The zero-order valence-corrected chi connectivity index (χ0v) is 20.3. The number of nitrogens with two attached hydrogens (primary N) is 1. The molecular formula is C30H36N2O3. The number of hydrogen-bond donors (Lipinski definition) is 2. The highest BCUT2D eigenvalue weighted by molar-refractivity contribution is 5.67. The van der Waals surface area contributed by atoms with Crippen LogP contribution in [0.2, 0.25) is 0 Å². The molecule has 0 aromatic heterocycles. The fourth-order valence-electron chi connectivity index (χ4n) is 5.26. The van der Waals surface area contributed by atoms with E-state index < -0.39 is 6.29 Å². The second-order valence-electron chi connectivity index (χ2n) is 9.69. The molecule has 3 aromatic carbocycles. The van der Waals surface area contributed by atoms with Crippen molar-refractivity contribution in [3.05, 3.63) is 95.1 Å². The summed E-state index contributed by atoms with van der Waals surface area (Å²) in [6.07, 6.45) is 4.33. The van der Waals surface area contributed by atoms with Crippen molar-refractivity contribution < 1.29 is 14.6 Å². The first-order valence-corrected chi connectivity index (χ1v) is 12.8. The Bertz CT molecular complexity index is 1080. The summed E-state index contributed by atoms with van der Waals surface area (Å²) < 4.78 is 13.1. The molecule has 5 nitrogen and oxygen atoms in total. The van der Waals surface area contributed by atoms with Crippen molar-refractivity contribution in [2.45, 2.75) is 57.3 Å². The molecule has 5 heteroatoms. The number of benzene rings is 3. The highest BCUT2D eigenvalue weighted by Crippen LogP contribution is 2.39. The zero-order chi connectivity index (χ0) is 24.0. The van der Waals surface area contributed by atoms with Crippen LogP contribution in [0.15, 0.2) is 72.8 Å². The third kappa shape index (κ3) is 5.83. The van der Waals surface area contributed by atoms with Gasteiger partial charge in [0.05, 0.1) is 18.8 Å². The van der Waals surface area contributed by atoms with E-state index in [9.17, 15) is 5.11 Å². The average molecular weight is 473 g/mol. The molecule has 0 spiro atoms. The van der Waals surface area contributed by atoms with Gasteiger partial charge in [0.2, 0.25) is 0 Å². The molecular weight excluding hydrogens is 436 g/mol. The van der Waals surface area contributed by atoms with E-state index in [-0.39, 0.29) is 18.8 Å². The molecule has 2 saturated heterocycles. The fraction of sp³-hybridized carbons (Fsp3) is 0.400. The number of likely N-dealkylation sites (tertiary alicyclic amines) is 1. The van der Waals surface area contributed by atoms with E-state index in [4.69, 9.17) is 15.2 Å². The third-order valence-electron chi connectivity index (χ3n) is 7.26. The van der Waals surface area contributed by atoms with Crippen LogP contribution in [0.3, 0.4) is 0 Å². The summed E-state index contributed by atoms with van der Waals surface area (Å²) in [7, 11) is 0. The Balaban J connectivity index is 1.37. The molecule has 3 aromatic rings. The van der Waals surface area contributed by atoms with Crippen LogP contribution in [0.25, 0.3) is 11.1 Å². The largest absolute Gasteiger partial charge is 0.392 e. The Morgan fingerprint density at radius 1 is 0.829 bits per heavy atom. The second-order valence-corrected chi connectivity index (χ2v) is 9.69. The van der Waals surface area contributed by atoms with Gasteiger partial charge in [0.15, 0.2) is 6.29 Å². The van der Waals surface area contributed by atoms with Gasteiger partial charge < -0.3 is 25.2 Å². The number of rotatable bonds is 7. The van der Waals surface area contributed by atoms with Crippen LogP contribution in [0.5, 0.6) is 0 Å². The quantitative estimate of drug-likeness (QED) is 0.486. The summed E-state index contributed by atoms with van der Waals surface area (Å²) >= 11 is 0. The number of ether oxygens (including phenoxy) is 2. The Kier molecular flexibility index (Phi) is 7.92. The van der Waals surface area contributed by atoms with Gasteiger partial charge in [-0.3, -0.25) is 0 Å². The van der Waals surface area contributed by atoms with Crippen LogP contribution in [-0.4, -0.2) is 35.7 Å².